The minimum atomic E-state index is -0.446. The van der Waals surface area contributed by atoms with Crippen LogP contribution in [-0.4, -0.2) is 0 Å². The van der Waals surface area contributed by atoms with Crippen LogP contribution in [0.2, 0.25) is 0 Å². The third kappa shape index (κ3) is 2.66. The van der Waals surface area contributed by atoms with E-state index < -0.39 is 5.83 Å². The van der Waals surface area contributed by atoms with Crippen molar-refractivity contribution in [3.05, 3.63) is 70.2 Å². The molecule has 3 heteroatoms. The van der Waals surface area contributed by atoms with Gasteiger partial charge in [-0.15, -0.1) is 11.8 Å². The highest BCUT2D eigenvalue weighted by atomic mass is 32.2. The first-order valence-electron chi connectivity index (χ1n) is 6.18. The van der Waals surface area contributed by atoms with Gasteiger partial charge in [0.1, 0.15) is 11.6 Å². The van der Waals surface area contributed by atoms with E-state index in [2.05, 4.69) is 6.58 Å². The molecule has 0 amide bonds. The summed E-state index contributed by atoms with van der Waals surface area (Å²) in [6.45, 7) is 7.18. The lowest BCUT2D eigenvalue weighted by atomic mass is 9.88. The maximum atomic E-state index is 14.1. The zero-order valence-corrected chi connectivity index (χ0v) is 11.9. The molecule has 19 heavy (non-hydrogen) atoms. The van der Waals surface area contributed by atoms with Crippen LogP contribution in [0.5, 0.6) is 0 Å². The van der Waals surface area contributed by atoms with Crippen molar-refractivity contribution >= 4 is 11.8 Å². The van der Waals surface area contributed by atoms with Crippen molar-refractivity contribution in [1.82, 2.24) is 0 Å². The normalized spacial score (nSPS) is 19.5. The van der Waals surface area contributed by atoms with Crippen molar-refractivity contribution in [2.75, 3.05) is 0 Å². The van der Waals surface area contributed by atoms with E-state index in [9.17, 15) is 8.78 Å². The second-order valence-corrected chi connectivity index (χ2v) is 5.50. The van der Waals surface area contributed by atoms with Crippen molar-refractivity contribution in [3.8, 4) is 0 Å². The van der Waals surface area contributed by atoms with Crippen LogP contribution in [0, 0.1) is 5.82 Å². The van der Waals surface area contributed by atoms with Gasteiger partial charge in [-0.3, -0.25) is 0 Å². The fourth-order valence-corrected chi connectivity index (χ4v) is 3.53. The van der Waals surface area contributed by atoms with E-state index in [1.165, 1.54) is 17.8 Å². The molecular weight excluding hydrogens is 262 g/mol. The summed E-state index contributed by atoms with van der Waals surface area (Å²) in [5.74, 6) is -0.280. The minimum Gasteiger partial charge on any atom is -0.207 e. The number of halogens is 2. The lowest BCUT2D eigenvalue weighted by Gasteiger charge is -2.16. The summed E-state index contributed by atoms with van der Waals surface area (Å²) in [6.07, 6.45) is 3.69. The Kier molecular flexibility index (Phi) is 4.25. The van der Waals surface area contributed by atoms with E-state index >= 15 is 0 Å². The van der Waals surface area contributed by atoms with Crippen molar-refractivity contribution in [2.24, 2.45) is 0 Å². The summed E-state index contributed by atoms with van der Waals surface area (Å²) in [5.41, 5.74) is 2.39. The van der Waals surface area contributed by atoms with E-state index in [0.717, 1.165) is 11.1 Å². The number of benzene rings is 1. The van der Waals surface area contributed by atoms with Crippen LogP contribution >= 0.6 is 11.8 Å². The Morgan fingerprint density at radius 3 is 2.84 bits per heavy atom. The van der Waals surface area contributed by atoms with Gasteiger partial charge in [-0.25, -0.2) is 8.78 Å². The highest BCUT2D eigenvalue weighted by molar-refractivity contribution is 8.02. The molecule has 1 atom stereocenters. The van der Waals surface area contributed by atoms with Crippen molar-refractivity contribution in [2.45, 2.75) is 25.5 Å². The molecule has 1 aliphatic heterocycles. The minimum absolute atomic E-state index is 0.176. The van der Waals surface area contributed by atoms with Gasteiger partial charge in [0.15, 0.2) is 0 Å². The third-order valence-electron chi connectivity index (χ3n) is 3.27. The molecule has 0 N–H and O–H groups in total. The third-order valence-corrected chi connectivity index (χ3v) is 4.47. The fourth-order valence-electron chi connectivity index (χ4n) is 2.41. The van der Waals surface area contributed by atoms with Crippen LogP contribution in [0.15, 0.2) is 53.2 Å². The zero-order valence-electron chi connectivity index (χ0n) is 11.0. The second kappa shape index (κ2) is 5.74. The maximum absolute atomic E-state index is 14.1. The molecule has 1 aliphatic rings. The summed E-state index contributed by atoms with van der Waals surface area (Å²) >= 11 is 1.38. The number of thioether (sulfide) groups is 1. The van der Waals surface area contributed by atoms with Crippen LogP contribution in [0.4, 0.5) is 8.78 Å². The highest BCUT2D eigenvalue weighted by Gasteiger charge is 2.25. The molecule has 0 nitrogen and oxygen atoms in total. The number of fused-ring (bicyclic) bond motifs is 1. The van der Waals surface area contributed by atoms with Crippen molar-refractivity contribution < 1.29 is 8.78 Å². The molecule has 100 valence electrons. The molecule has 0 fully saturated rings. The van der Waals surface area contributed by atoms with Gasteiger partial charge in [0.2, 0.25) is 0 Å². The van der Waals surface area contributed by atoms with E-state index in [1.807, 2.05) is 32.1 Å². The average Bonchev–Trinajstić information content (AvgIpc) is 2.49. The van der Waals surface area contributed by atoms with Gasteiger partial charge in [0.25, 0.3) is 0 Å². The zero-order chi connectivity index (χ0) is 14.0. The van der Waals surface area contributed by atoms with E-state index in [4.69, 9.17) is 0 Å². The van der Waals surface area contributed by atoms with E-state index in [-0.39, 0.29) is 11.7 Å². The molecule has 1 heterocycles. The predicted molar refractivity (Wildman–Crippen MR) is 78.2 cm³/mol. The van der Waals surface area contributed by atoms with Gasteiger partial charge in [-0.05, 0) is 29.7 Å². The quantitative estimate of drug-likeness (QED) is 0.689. The van der Waals surface area contributed by atoms with Crippen LogP contribution < -0.4 is 0 Å². The smallest absolute Gasteiger partial charge is 0.129 e. The summed E-state index contributed by atoms with van der Waals surface area (Å²) in [7, 11) is 0. The molecule has 0 spiro atoms. The van der Waals surface area contributed by atoms with Gasteiger partial charge in [-0.2, -0.15) is 0 Å². The molecule has 1 aromatic rings. The highest BCUT2D eigenvalue weighted by Crippen LogP contribution is 2.43. The topological polar surface area (TPSA) is 0 Å². The number of rotatable bonds is 2. The van der Waals surface area contributed by atoms with Gasteiger partial charge < -0.3 is 0 Å². The Balaban J connectivity index is 2.63. The predicted octanol–water partition coefficient (Wildman–Crippen LogP) is 5.49. The Bertz CT molecular complexity index is 570. The Morgan fingerprint density at radius 1 is 1.47 bits per heavy atom. The van der Waals surface area contributed by atoms with Crippen LogP contribution in [-0.2, 0) is 5.75 Å². The molecular formula is C16H16F2S. The Labute approximate surface area is 116 Å². The number of allylic oxidation sites excluding steroid dienone is 4. The summed E-state index contributed by atoms with van der Waals surface area (Å²) in [4.78, 5) is 0.529. The van der Waals surface area contributed by atoms with Gasteiger partial charge in [-0.1, -0.05) is 37.8 Å². The molecule has 1 aromatic carbocycles. The lowest BCUT2D eigenvalue weighted by Crippen LogP contribution is -2.03. The van der Waals surface area contributed by atoms with Crippen LogP contribution in [0.25, 0.3) is 0 Å². The largest absolute Gasteiger partial charge is 0.207 e. The standard InChI is InChI=1S/C16H16F2S/c1-4-6-13-10(2)15-12(7-5-8-14(15)18)9-19-16(13)11(3)17/h4-8,10H,3,9H2,1-2H3/b6-4-/t10-/m1/s1. The average molecular weight is 278 g/mol. The first-order valence-corrected chi connectivity index (χ1v) is 7.16. The molecule has 0 radical (unpaired) electrons. The first kappa shape index (κ1) is 14.1. The first-order chi connectivity index (χ1) is 9.06. The van der Waals surface area contributed by atoms with Crippen LogP contribution in [0.1, 0.15) is 30.9 Å². The van der Waals surface area contributed by atoms with Gasteiger partial charge >= 0.3 is 0 Å². The summed E-state index contributed by atoms with van der Waals surface area (Å²) in [6, 6.07) is 5.06. The molecule has 2 rings (SSSR count). The lowest BCUT2D eigenvalue weighted by molar-refractivity contribution is 0.599. The summed E-state index contributed by atoms with van der Waals surface area (Å²) in [5, 5.41) is 0. The molecule has 0 unspecified atom stereocenters. The van der Waals surface area contributed by atoms with E-state index in [1.54, 1.807) is 6.07 Å². The maximum Gasteiger partial charge on any atom is 0.129 e. The second-order valence-electron chi connectivity index (χ2n) is 4.51. The Morgan fingerprint density at radius 2 is 2.21 bits per heavy atom. The molecule has 0 saturated carbocycles. The number of hydrogen-bond acceptors (Lipinski definition) is 1. The summed E-state index contributed by atoms with van der Waals surface area (Å²) < 4.78 is 27.7. The Hall–Kier alpha value is -1.35. The van der Waals surface area contributed by atoms with Crippen molar-refractivity contribution in [1.29, 1.82) is 0 Å². The molecule has 0 aliphatic carbocycles. The fraction of sp³-hybridized carbons (Fsp3) is 0.250. The van der Waals surface area contributed by atoms with Gasteiger partial charge in [0.05, 0.1) is 0 Å². The molecule has 0 bridgehead atoms. The number of hydrogen-bond donors (Lipinski definition) is 0. The molecule has 0 saturated heterocycles. The van der Waals surface area contributed by atoms with E-state index in [0.29, 0.717) is 16.2 Å². The van der Waals surface area contributed by atoms with Crippen LogP contribution in [0.3, 0.4) is 0 Å². The van der Waals surface area contributed by atoms with Gasteiger partial charge in [0, 0.05) is 16.6 Å². The monoisotopic (exact) mass is 278 g/mol. The molecule has 0 aromatic heterocycles. The SMILES string of the molecule is C=C(F)C1=C(/C=C\C)[C@@H](C)c2c(F)cccc2CS1. The van der Waals surface area contributed by atoms with Crippen molar-refractivity contribution in [3.63, 3.8) is 0 Å².